The van der Waals surface area contributed by atoms with Crippen molar-refractivity contribution in [2.75, 3.05) is 5.73 Å². The minimum absolute atomic E-state index is 0.385. The monoisotopic (exact) mass is 257 g/mol. The molecule has 0 saturated heterocycles. The fourth-order valence-corrected chi connectivity index (χ4v) is 1.93. The van der Waals surface area contributed by atoms with Gasteiger partial charge in [0, 0.05) is 6.07 Å². The van der Waals surface area contributed by atoms with Crippen LogP contribution in [0.15, 0.2) is 24.3 Å². The van der Waals surface area contributed by atoms with Gasteiger partial charge >= 0.3 is 0 Å². The summed E-state index contributed by atoms with van der Waals surface area (Å²) in [6.07, 6.45) is 0. The first-order valence-corrected chi connectivity index (χ1v) is 6.35. The number of nitrogens with zero attached hydrogens (tertiary/aromatic N) is 2. The summed E-state index contributed by atoms with van der Waals surface area (Å²) in [5, 5.41) is 0. The molecular weight excluding hydrogens is 238 g/mol. The zero-order chi connectivity index (χ0) is 14.0. The van der Waals surface area contributed by atoms with Crippen LogP contribution >= 0.6 is 0 Å². The van der Waals surface area contributed by atoms with Crippen LogP contribution in [0.3, 0.4) is 0 Å². The van der Waals surface area contributed by atoms with E-state index in [1.807, 2.05) is 13.0 Å². The Morgan fingerprint density at radius 1 is 1.11 bits per heavy atom. The van der Waals surface area contributed by atoms with Gasteiger partial charge in [-0.05, 0) is 37.0 Å². The molecule has 0 aliphatic rings. The lowest BCUT2D eigenvalue weighted by atomic mass is 10.0. The Hall–Kier alpha value is -2.10. The van der Waals surface area contributed by atoms with Gasteiger partial charge in [-0.1, -0.05) is 26.0 Å². The third kappa shape index (κ3) is 3.22. The third-order valence-corrected chi connectivity index (χ3v) is 2.84. The van der Waals surface area contributed by atoms with E-state index in [0.29, 0.717) is 23.4 Å². The van der Waals surface area contributed by atoms with Gasteiger partial charge in [0.25, 0.3) is 0 Å². The van der Waals surface area contributed by atoms with Crippen molar-refractivity contribution >= 4 is 5.82 Å². The smallest absolute Gasteiger partial charge is 0.224 e. The molecule has 0 unspecified atom stereocenters. The van der Waals surface area contributed by atoms with Crippen LogP contribution in [0.1, 0.15) is 36.7 Å². The van der Waals surface area contributed by atoms with Gasteiger partial charge < -0.3 is 10.5 Å². The van der Waals surface area contributed by atoms with E-state index in [1.165, 1.54) is 0 Å². The highest BCUT2D eigenvalue weighted by Crippen LogP contribution is 2.31. The van der Waals surface area contributed by atoms with Gasteiger partial charge in [-0.15, -0.1) is 0 Å². The number of hydrogen-bond donors (Lipinski definition) is 1. The zero-order valence-electron chi connectivity index (χ0n) is 11.8. The molecule has 4 heteroatoms. The van der Waals surface area contributed by atoms with Gasteiger partial charge in [0.05, 0.1) is 0 Å². The molecular formula is C15H19N3O. The Morgan fingerprint density at radius 2 is 1.84 bits per heavy atom. The molecule has 2 N–H and O–H groups in total. The molecule has 0 saturated carbocycles. The molecule has 2 rings (SSSR count). The summed E-state index contributed by atoms with van der Waals surface area (Å²) in [5.41, 5.74) is 8.01. The highest BCUT2D eigenvalue weighted by molar-refractivity contribution is 5.42. The van der Waals surface area contributed by atoms with Crippen LogP contribution in [-0.2, 0) is 0 Å². The number of benzene rings is 1. The summed E-state index contributed by atoms with van der Waals surface area (Å²) in [4.78, 5) is 8.28. The fourth-order valence-electron chi connectivity index (χ4n) is 1.93. The molecule has 4 nitrogen and oxygen atoms in total. The number of nitrogens with two attached hydrogens (primary N) is 1. The number of nitrogen functional groups attached to an aromatic ring is 1. The molecule has 1 heterocycles. The molecule has 0 aliphatic heterocycles. The Morgan fingerprint density at radius 3 is 2.47 bits per heavy atom. The molecule has 19 heavy (non-hydrogen) atoms. The number of hydrogen-bond acceptors (Lipinski definition) is 4. The van der Waals surface area contributed by atoms with Crippen LogP contribution in [-0.4, -0.2) is 9.97 Å². The van der Waals surface area contributed by atoms with E-state index in [-0.39, 0.29) is 0 Å². The van der Waals surface area contributed by atoms with Crippen LogP contribution in [0.5, 0.6) is 11.6 Å². The fraction of sp³-hybridized carbons (Fsp3) is 0.333. The largest absolute Gasteiger partial charge is 0.439 e. The van der Waals surface area contributed by atoms with Crippen molar-refractivity contribution < 1.29 is 4.74 Å². The van der Waals surface area contributed by atoms with Crippen LogP contribution in [0.2, 0.25) is 0 Å². The molecule has 0 bridgehead atoms. The molecule has 0 amide bonds. The Labute approximate surface area is 113 Å². The lowest BCUT2D eigenvalue weighted by Gasteiger charge is -2.14. The Kier molecular flexibility index (Phi) is 3.69. The summed E-state index contributed by atoms with van der Waals surface area (Å²) in [6, 6.07) is 7.83. The van der Waals surface area contributed by atoms with Crippen molar-refractivity contribution in [2.45, 2.75) is 33.6 Å². The van der Waals surface area contributed by atoms with E-state index in [1.54, 1.807) is 13.0 Å². The van der Waals surface area contributed by atoms with Crippen molar-refractivity contribution in [3.8, 4) is 11.6 Å². The van der Waals surface area contributed by atoms with E-state index in [4.69, 9.17) is 10.5 Å². The Bertz CT molecular complexity index is 574. The lowest BCUT2D eigenvalue weighted by Crippen LogP contribution is -2.00. The van der Waals surface area contributed by atoms with E-state index in [2.05, 4.69) is 35.9 Å². The van der Waals surface area contributed by atoms with Gasteiger partial charge in [-0.3, -0.25) is 0 Å². The average molecular weight is 257 g/mol. The summed E-state index contributed by atoms with van der Waals surface area (Å²) in [5.74, 6) is 2.72. The molecule has 2 aromatic rings. The van der Waals surface area contributed by atoms with Crippen molar-refractivity contribution in [1.29, 1.82) is 0 Å². The van der Waals surface area contributed by atoms with Gasteiger partial charge in [-0.2, -0.15) is 4.98 Å². The molecule has 100 valence electrons. The molecule has 0 radical (unpaired) electrons. The average Bonchev–Trinajstić information content (AvgIpc) is 2.26. The second kappa shape index (κ2) is 5.26. The van der Waals surface area contributed by atoms with E-state index < -0.39 is 0 Å². The summed E-state index contributed by atoms with van der Waals surface area (Å²) < 4.78 is 5.88. The maximum atomic E-state index is 5.88. The molecule has 1 aromatic carbocycles. The first-order valence-electron chi connectivity index (χ1n) is 6.35. The number of aryl methyl sites for hydroxylation is 2. The molecule has 0 atom stereocenters. The number of aromatic nitrogens is 2. The standard InChI is InChI=1S/C15H19N3O/c1-9(2)12-6-5-10(3)7-13(12)19-15-8-14(16)17-11(4)18-15/h5-9H,1-4H3,(H2,16,17,18). The van der Waals surface area contributed by atoms with E-state index in [9.17, 15) is 0 Å². The normalized spacial score (nSPS) is 10.8. The van der Waals surface area contributed by atoms with Crippen molar-refractivity contribution in [2.24, 2.45) is 0 Å². The SMILES string of the molecule is Cc1ccc(C(C)C)c(Oc2cc(N)nc(C)n2)c1. The zero-order valence-corrected chi connectivity index (χ0v) is 11.8. The molecule has 0 aliphatic carbocycles. The minimum Gasteiger partial charge on any atom is -0.439 e. The van der Waals surface area contributed by atoms with E-state index >= 15 is 0 Å². The summed E-state index contributed by atoms with van der Waals surface area (Å²) >= 11 is 0. The highest BCUT2D eigenvalue weighted by atomic mass is 16.5. The summed E-state index contributed by atoms with van der Waals surface area (Å²) in [7, 11) is 0. The minimum atomic E-state index is 0.385. The maximum Gasteiger partial charge on any atom is 0.224 e. The maximum absolute atomic E-state index is 5.88. The van der Waals surface area contributed by atoms with Gasteiger partial charge in [0.1, 0.15) is 17.4 Å². The third-order valence-electron chi connectivity index (χ3n) is 2.84. The van der Waals surface area contributed by atoms with Gasteiger partial charge in [0.15, 0.2) is 0 Å². The number of ether oxygens (including phenoxy) is 1. The predicted molar refractivity (Wildman–Crippen MR) is 76.5 cm³/mol. The van der Waals surface area contributed by atoms with Crippen LogP contribution in [0.25, 0.3) is 0 Å². The molecule has 0 fully saturated rings. The van der Waals surface area contributed by atoms with Crippen molar-refractivity contribution in [3.05, 3.63) is 41.2 Å². The van der Waals surface area contributed by atoms with Crippen LogP contribution in [0, 0.1) is 13.8 Å². The van der Waals surface area contributed by atoms with Crippen LogP contribution < -0.4 is 10.5 Å². The van der Waals surface area contributed by atoms with E-state index in [0.717, 1.165) is 16.9 Å². The van der Waals surface area contributed by atoms with Crippen molar-refractivity contribution in [1.82, 2.24) is 9.97 Å². The number of rotatable bonds is 3. The topological polar surface area (TPSA) is 61.0 Å². The van der Waals surface area contributed by atoms with Crippen LogP contribution in [0.4, 0.5) is 5.82 Å². The molecule has 1 aromatic heterocycles. The molecule has 0 spiro atoms. The lowest BCUT2D eigenvalue weighted by molar-refractivity contribution is 0.451. The highest BCUT2D eigenvalue weighted by Gasteiger charge is 2.10. The number of anilines is 1. The quantitative estimate of drug-likeness (QED) is 0.912. The van der Waals surface area contributed by atoms with Gasteiger partial charge in [0.2, 0.25) is 5.88 Å². The first-order chi connectivity index (χ1) is 8.95. The second-order valence-electron chi connectivity index (χ2n) is 4.98. The van der Waals surface area contributed by atoms with Crippen molar-refractivity contribution in [3.63, 3.8) is 0 Å². The first kappa shape index (κ1) is 13.3. The Balaban J connectivity index is 2.39. The second-order valence-corrected chi connectivity index (χ2v) is 4.98. The predicted octanol–water partition coefficient (Wildman–Crippen LogP) is 3.59. The van der Waals surface area contributed by atoms with Gasteiger partial charge in [-0.25, -0.2) is 4.98 Å². The summed E-state index contributed by atoms with van der Waals surface area (Å²) in [6.45, 7) is 8.10.